The lowest BCUT2D eigenvalue weighted by Crippen LogP contribution is -2.56. The Kier molecular flexibility index (Phi) is 12.3. The third-order valence-corrected chi connectivity index (χ3v) is 13.8. The normalized spacial score (nSPS) is 12.4. The van der Waals surface area contributed by atoms with Gasteiger partial charge < -0.3 is 22.1 Å². The van der Waals surface area contributed by atoms with Crippen LogP contribution in [-0.2, 0) is 26.9 Å². The number of ether oxygens (including phenoxy) is 2. The maximum atomic E-state index is 12.5. The maximum Gasteiger partial charge on any atom is 0.333 e. The van der Waals surface area contributed by atoms with Crippen molar-refractivity contribution in [2.75, 3.05) is 19.8 Å². The highest BCUT2D eigenvalue weighted by atomic mass is 28.5. The summed E-state index contributed by atoms with van der Waals surface area (Å²) >= 11 is 0. The van der Waals surface area contributed by atoms with Crippen molar-refractivity contribution in [3.63, 3.8) is 0 Å². The zero-order valence-corrected chi connectivity index (χ0v) is 23.0. The van der Waals surface area contributed by atoms with Crippen LogP contribution in [0.1, 0.15) is 33.1 Å². The molecule has 0 aromatic carbocycles. The molecule has 0 heterocycles. The van der Waals surface area contributed by atoms with E-state index in [0.29, 0.717) is 25.2 Å². The Hall–Kier alpha value is -1.05. The second kappa shape index (κ2) is 12.7. The van der Waals surface area contributed by atoms with Gasteiger partial charge in [-0.2, -0.15) is 0 Å². The van der Waals surface area contributed by atoms with E-state index in [0.717, 1.165) is 18.4 Å². The van der Waals surface area contributed by atoms with Crippen LogP contribution in [0, 0.1) is 0 Å². The van der Waals surface area contributed by atoms with Gasteiger partial charge in [0.2, 0.25) is 0 Å². The Morgan fingerprint density at radius 2 is 1.33 bits per heavy atom. The van der Waals surface area contributed by atoms with Crippen LogP contribution >= 0.6 is 0 Å². The van der Waals surface area contributed by atoms with Crippen molar-refractivity contribution in [1.82, 2.24) is 0 Å². The first-order valence-electron chi connectivity index (χ1n) is 10.3. The van der Waals surface area contributed by atoms with E-state index in [1.165, 1.54) is 0 Å². The lowest BCUT2D eigenvalue weighted by atomic mass is 10.2. The molecule has 0 N–H and O–H groups in total. The fraction of sp³-hybridized carbons (Fsp3) is 0.700. The Morgan fingerprint density at radius 1 is 0.767 bits per heavy atom. The van der Waals surface area contributed by atoms with Gasteiger partial charge in [-0.1, -0.05) is 12.2 Å². The second-order valence-corrected chi connectivity index (χ2v) is 19.8. The van der Waals surface area contributed by atoms with Gasteiger partial charge in [-0.05, 0) is 66.0 Å². The van der Waals surface area contributed by atoms with Crippen molar-refractivity contribution in [2.45, 2.75) is 72.4 Å². The Balaban J connectivity index is 4.49. The zero-order valence-electron chi connectivity index (χ0n) is 20.0. The van der Waals surface area contributed by atoms with Crippen LogP contribution in [-0.4, -0.2) is 56.8 Å². The molecule has 0 atom stereocenters. The van der Waals surface area contributed by atoms with Crippen LogP contribution in [0.25, 0.3) is 0 Å². The second-order valence-electron chi connectivity index (χ2n) is 8.83. The minimum Gasteiger partial charge on any atom is -0.468 e. The van der Waals surface area contributed by atoms with Crippen LogP contribution in [0.4, 0.5) is 4.79 Å². The quantitative estimate of drug-likeness (QED) is 0.105. The standard InChI is InChI=1S/C20H40O7Si3/c1-17(2)13-11-14-24-20(22)28(5,6)26-30(9,10)27-29(7,8)25-16-12-15-23-19(21)18(3)4/h1,3,11-16H2,2,4-10H3. The molecule has 0 rings (SSSR count). The summed E-state index contributed by atoms with van der Waals surface area (Å²) in [6.45, 7) is 23.4. The molecule has 174 valence electrons. The van der Waals surface area contributed by atoms with Crippen molar-refractivity contribution in [3.05, 3.63) is 24.3 Å². The molecule has 0 saturated heterocycles. The van der Waals surface area contributed by atoms with Crippen LogP contribution < -0.4 is 0 Å². The lowest BCUT2D eigenvalue weighted by Gasteiger charge is -2.36. The number of hydrogen-bond donors (Lipinski definition) is 0. The molecule has 30 heavy (non-hydrogen) atoms. The summed E-state index contributed by atoms with van der Waals surface area (Å²) in [5.74, 6) is -0.400. The predicted molar refractivity (Wildman–Crippen MR) is 126 cm³/mol. The highest BCUT2D eigenvalue weighted by Gasteiger charge is 2.45. The summed E-state index contributed by atoms with van der Waals surface area (Å²) in [6.07, 6.45) is 2.17. The largest absolute Gasteiger partial charge is 0.468 e. The maximum absolute atomic E-state index is 12.5. The number of carbonyl (C=O) groups is 2. The van der Waals surface area contributed by atoms with E-state index < -0.39 is 31.4 Å². The SMILES string of the molecule is C=C(C)CCCOC(=O)[Si](C)(C)O[Si](C)(C)O[Si](C)(C)OCCCOC(=O)C(=C)C. The summed E-state index contributed by atoms with van der Waals surface area (Å²) in [4.78, 5) is 23.9. The number of rotatable bonds is 15. The number of hydrogen-bond acceptors (Lipinski definition) is 7. The van der Waals surface area contributed by atoms with Gasteiger partial charge in [0, 0.05) is 18.6 Å². The van der Waals surface area contributed by atoms with Gasteiger partial charge in [0.15, 0.2) is 0 Å². The first-order chi connectivity index (χ1) is 13.6. The molecule has 0 aliphatic heterocycles. The molecule has 10 heteroatoms. The molecule has 0 aromatic heterocycles. The molecule has 7 nitrogen and oxygen atoms in total. The molecule has 0 fully saturated rings. The highest BCUT2D eigenvalue weighted by Crippen LogP contribution is 2.22. The predicted octanol–water partition coefficient (Wildman–Crippen LogP) is 5.23. The molecular formula is C20H40O7Si3. The monoisotopic (exact) mass is 476 g/mol. The Bertz CT molecular complexity index is 616. The first-order valence-corrected chi connectivity index (χ1v) is 18.8. The lowest BCUT2D eigenvalue weighted by molar-refractivity contribution is -0.139. The topological polar surface area (TPSA) is 80.3 Å². The van der Waals surface area contributed by atoms with Gasteiger partial charge in [0.05, 0.1) is 13.2 Å². The van der Waals surface area contributed by atoms with Gasteiger partial charge in [-0.25, -0.2) is 4.79 Å². The molecular weight excluding hydrogens is 436 g/mol. The fourth-order valence-electron chi connectivity index (χ4n) is 2.68. The molecule has 0 aliphatic carbocycles. The summed E-state index contributed by atoms with van der Waals surface area (Å²) in [5, 5.41) is 0. The molecule has 0 amide bonds. The Morgan fingerprint density at radius 3 is 1.87 bits per heavy atom. The van der Waals surface area contributed by atoms with Crippen LogP contribution in [0.15, 0.2) is 24.3 Å². The summed E-state index contributed by atoms with van der Waals surface area (Å²) in [5.41, 5.74) is 1.18. The van der Waals surface area contributed by atoms with Crippen molar-refractivity contribution in [1.29, 1.82) is 0 Å². The van der Waals surface area contributed by atoms with E-state index in [9.17, 15) is 9.59 Å². The molecule has 0 unspecified atom stereocenters. The smallest absolute Gasteiger partial charge is 0.333 e. The molecule has 0 aromatic rings. The summed E-state index contributed by atoms with van der Waals surface area (Å²) in [6, 6.07) is 0. The van der Waals surface area contributed by atoms with Gasteiger partial charge in [-0.3, -0.25) is 4.79 Å². The summed E-state index contributed by atoms with van der Waals surface area (Å²) in [7, 11) is -7.83. The van der Waals surface area contributed by atoms with Crippen molar-refractivity contribution in [3.8, 4) is 0 Å². The van der Waals surface area contributed by atoms with Crippen molar-refractivity contribution in [2.24, 2.45) is 0 Å². The fourth-order valence-corrected chi connectivity index (χ4v) is 14.5. The molecule has 0 spiro atoms. The van der Waals surface area contributed by atoms with Crippen molar-refractivity contribution < 1.29 is 31.7 Å². The molecule has 0 radical (unpaired) electrons. The third-order valence-electron chi connectivity index (χ3n) is 3.79. The zero-order chi connectivity index (χ0) is 23.6. The van der Waals surface area contributed by atoms with Crippen LogP contribution in [0.3, 0.4) is 0 Å². The van der Waals surface area contributed by atoms with E-state index in [4.69, 9.17) is 22.1 Å². The van der Waals surface area contributed by atoms with Gasteiger partial charge >= 0.3 is 37.0 Å². The molecule has 0 bridgehead atoms. The van der Waals surface area contributed by atoms with Crippen molar-refractivity contribution >= 4 is 37.0 Å². The average Bonchev–Trinajstić information content (AvgIpc) is 2.55. The summed E-state index contributed by atoms with van der Waals surface area (Å²) < 4.78 is 28.9. The average molecular weight is 477 g/mol. The van der Waals surface area contributed by atoms with Gasteiger partial charge in [0.1, 0.15) is 0 Å². The van der Waals surface area contributed by atoms with E-state index in [2.05, 4.69) is 13.2 Å². The van der Waals surface area contributed by atoms with E-state index >= 15 is 0 Å². The van der Waals surface area contributed by atoms with E-state index in [1.54, 1.807) is 6.92 Å². The van der Waals surface area contributed by atoms with E-state index in [-0.39, 0.29) is 12.2 Å². The number of carbonyl (C=O) groups excluding carboxylic acids is 2. The van der Waals surface area contributed by atoms with Gasteiger partial charge in [-0.15, -0.1) is 6.58 Å². The highest BCUT2D eigenvalue weighted by molar-refractivity contribution is 7.03. The van der Waals surface area contributed by atoms with E-state index in [1.807, 2.05) is 46.2 Å². The van der Waals surface area contributed by atoms with Crippen LogP contribution in [0.2, 0.25) is 39.3 Å². The first kappa shape index (κ1) is 29.0. The molecule has 0 saturated carbocycles. The number of allylic oxidation sites excluding steroid dienone is 1. The van der Waals surface area contributed by atoms with Gasteiger partial charge in [0.25, 0.3) is 0 Å². The minimum atomic E-state index is -2.73. The minimum absolute atomic E-state index is 0.269. The third kappa shape index (κ3) is 13.3. The number of esters is 1. The van der Waals surface area contributed by atoms with Crippen LogP contribution in [0.5, 0.6) is 0 Å². The Labute approximate surface area is 185 Å². The molecule has 0 aliphatic rings.